The van der Waals surface area contributed by atoms with E-state index in [1.54, 1.807) is 12.1 Å². The predicted molar refractivity (Wildman–Crippen MR) is 70.7 cm³/mol. The smallest absolute Gasteiger partial charge is 0.182 e. The number of Topliss-reactive ketones (excluding diaryl/α,β-unsaturated/α-hetero) is 1. The van der Waals surface area contributed by atoms with E-state index in [-0.39, 0.29) is 11.3 Å². The number of hydrogen-bond donors (Lipinski definition) is 1. The topological polar surface area (TPSA) is 29.1 Å². The Kier molecular flexibility index (Phi) is 3.85. The standard InChI is InChI=1S/C14H18ClNO/c1-2-7-14(8-4-9-16-14)13(17)11-5-3-6-12(15)10-11/h3,5-6,10,16H,2,4,7-9H2,1H3. The lowest BCUT2D eigenvalue weighted by Gasteiger charge is -2.27. The zero-order chi connectivity index (χ0) is 12.3. The van der Waals surface area contributed by atoms with E-state index in [1.807, 2.05) is 12.1 Å². The molecule has 1 atom stereocenters. The molecular weight excluding hydrogens is 234 g/mol. The largest absolute Gasteiger partial charge is 0.305 e. The quantitative estimate of drug-likeness (QED) is 0.831. The highest BCUT2D eigenvalue weighted by Gasteiger charge is 2.40. The summed E-state index contributed by atoms with van der Waals surface area (Å²) in [5, 5.41) is 4.02. The van der Waals surface area contributed by atoms with E-state index in [9.17, 15) is 4.79 Å². The van der Waals surface area contributed by atoms with Crippen LogP contribution in [0, 0.1) is 0 Å². The molecule has 17 heavy (non-hydrogen) atoms. The van der Waals surface area contributed by atoms with Crippen molar-refractivity contribution in [2.45, 2.75) is 38.1 Å². The first-order valence-electron chi connectivity index (χ1n) is 6.23. The fourth-order valence-corrected chi connectivity index (χ4v) is 2.85. The molecule has 1 fully saturated rings. The van der Waals surface area contributed by atoms with Crippen LogP contribution in [0.3, 0.4) is 0 Å². The molecule has 1 saturated heterocycles. The van der Waals surface area contributed by atoms with Gasteiger partial charge >= 0.3 is 0 Å². The summed E-state index contributed by atoms with van der Waals surface area (Å²) >= 11 is 5.95. The SMILES string of the molecule is CCCC1(C(=O)c2cccc(Cl)c2)CCCN1. The van der Waals surface area contributed by atoms with E-state index in [1.165, 1.54) is 0 Å². The summed E-state index contributed by atoms with van der Waals surface area (Å²) in [7, 11) is 0. The van der Waals surface area contributed by atoms with Gasteiger partial charge < -0.3 is 5.32 Å². The lowest BCUT2D eigenvalue weighted by molar-refractivity contribution is 0.0857. The third kappa shape index (κ3) is 2.53. The molecule has 3 heteroatoms. The summed E-state index contributed by atoms with van der Waals surface area (Å²) in [5.41, 5.74) is 0.375. The van der Waals surface area contributed by atoms with Gasteiger partial charge in [0.05, 0.1) is 5.54 Å². The predicted octanol–water partition coefficient (Wildman–Crippen LogP) is 3.45. The van der Waals surface area contributed by atoms with Crippen LogP contribution < -0.4 is 5.32 Å². The molecule has 1 heterocycles. The first-order chi connectivity index (χ1) is 8.18. The molecule has 0 aliphatic carbocycles. The Hall–Kier alpha value is -0.860. The minimum atomic E-state index is -0.348. The van der Waals surface area contributed by atoms with Crippen LogP contribution in [0.25, 0.3) is 0 Å². The van der Waals surface area contributed by atoms with Gasteiger partial charge in [-0.25, -0.2) is 0 Å². The number of carbonyl (C=O) groups excluding carboxylic acids is 1. The average molecular weight is 252 g/mol. The maximum atomic E-state index is 12.6. The lowest BCUT2D eigenvalue weighted by Crippen LogP contribution is -2.47. The van der Waals surface area contributed by atoms with Crippen molar-refractivity contribution in [1.82, 2.24) is 5.32 Å². The summed E-state index contributed by atoms with van der Waals surface area (Å²) in [6, 6.07) is 7.25. The summed E-state index contributed by atoms with van der Waals surface area (Å²) in [5.74, 6) is 0.194. The Labute approximate surface area is 107 Å². The molecule has 0 saturated carbocycles. The molecule has 1 aromatic rings. The fraction of sp³-hybridized carbons (Fsp3) is 0.500. The zero-order valence-electron chi connectivity index (χ0n) is 10.1. The van der Waals surface area contributed by atoms with E-state index in [0.29, 0.717) is 5.02 Å². The van der Waals surface area contributed by atoms with E-state index in [2.05, 4.69) is 12.2 Å². The maximum Gasteiger partial charge on any atom is 0.182 e. The fourth-order valence-electron chi connectivity index (χ4n) is 2.66. The highest BCUT2D eigenvalue weighted by atomic mass is 35.5. The van der Waals surface area contributed by atoms with Crippen LogP contribution in [-0.2, 0) is 0 Å². The van der Waals surface area contributed by atoms with Crippen molar-refractivity contribution in [3.63, 3.8) is 0 Å². The first-order valence-corrected chi connectivity index (χ1v) is 6.61. The normalized spacial score (nSPS) is 23.9. The number of hydrogen-bond acceptors (Lipinski definition) is 2. The molecule has 1 unspecified atom stereocenters. The van der Waals surface area contributed by atoms with E-state index < -0.39 is 0 Å². The first kappa shape index (κ1) is 12.6. The molecule has 1 N–H and O–H groups in total. The zero-order valence-corrected chi connectivity index (χ0v) is 10.9. The van der Waals surface area contributed by atoms with Crippen molar-refractivity contribution in [3.8, 4) is 0 Å². The molecule has 0 bridgehead atoms. The molecule has 0 amide bonds. The monoisotopic (exact) mass is 251 g/mol. The highest BCUT2D eigenvalue weighted by Crippen LogP contribution is 2.29. The van der Waals surface area contributed by atoms with Crippen LogP contribution in [0.4, 0.5) is 0 Å². The van der Waals surface area contributed by atoms with E-state index in [0.717, 1.165) is 37.8 Å². The second kappa shape index (κ2) is 5.19. The Morgan fingerprint density at radius 3 is 2.94 bits per heavy atom. The van der Waals surface area contributed by atoms with Gasteiger partial charge in [0, 0.05) is 10.6 Å². The Morgan fingerprint density at radius 1 is 1.53 bits per heavy atom. The van der Waals surface area contributed by atoms with Crippen molar-refractivity contribution < 1.29 is 4.79 Å². The highest BCUT2D eigenvalue weighted by molar-refractivity contribution is 6.31. The molecule has 0 radical (unpaired) electrons. The number of rotatable bonds is 4. The van der Waals surface area contributed by atoms with E-state index in [4.69, 9.17) is 11.6 Å². The summed E-state index contributed by atoms with van der Waals surface area (Å²) in [6.07, 6.45) is 3.93. The number of halogens is 1. The average Bonchev–Trinajstić information content (AvgIpc) is 2.78. The Morgan fingerprint density at radius 2 is 2.35 bits per heavy atom. The van der Waals surface area contributed by atoms with Crippen LogP contribution in [-0.4, -0.2) is 17.9 Å². The van der Waals surface area contributed by atoms with Crippen LogP contribution in [0.5, 0.6) is 0 Å². The van der Waals surface area contributed by atoms with Gasteiger partial charge in [0.15, 0.2) is 5.78 Å². The minimum absolute atomic E-state index is 0.194. The summed E-state index contributed by atoms with van der Waals surface area (Å²) < 4.78 is 0. The van der Waals surface area contributed by atoms with Gasteiger partial charge in [-0.1, -0.05) is 37.1 Å². The third-order valence-corrected chi connectivity index (χ3v) is 3.68. The Balaban J connectivity index is 2.28. The van der Waals surface area contributed by atoms with Gasteiger partial charge in [0.25, 0.3) is 0 Å². The molecule has 2 nitrogen and oxygen atoms in total. The number of ketones is 1. The van der Waals surface area contributed by atoms with Crippen LogP contribution in [0.1, 0.15) is 43.0 Å². The molecule has 1 aromatic carbocycles. The van der Waals surface area contributed by atoms with Crippen LogP contribution in [0.2, 0.25) is 5.02 Å². The molecular formula is C14H18ClNO. The number of benzene rings is 1. The maximum absolute atomic E-state index is 12.6. The number of carbonyl (C=O) groups is 1. The lowest BCUT2D eigenvalue weighted by atomic mass is 9.84. The van der Waals surface area contributed by atoms with Gasteiger partial charge in [-0.05, 0) is 37.9 Å². The van der Waals surface area contributed by atoms with E-state index >= 15 is 0 Å². The second-order valence-corrected chi connectivity index (χ2v) is 5.14. The molecule has 1 aliphatic rings. The van der Waals surface area contributed by atoms with Crippen molar-refractivity contribution >= 4 is 17.4 Å². The molecule has 0 spiro atoms. The molecule has 1 aliphatic heterocycles. The summed E-state index contributed by atoms with van der Waals surface area (Å²) in [4.78, 5) is 12.6. The second-order valence-electron chi connectivity index (χ2n) is 4.70. The minimum Gasteiger partial charge on any atom is -0.305 e. The van der Waals surface area contributed by atoms with Gasteiger partial charge in [-0.15, -0.1) is 0 Å². The third-order valence-electron chi connectivity index (χ3n) is 3.44. The van der Waals surface area contributed by atoms with Crippen molar-refractivity contribution in [2.24, 2.45) is 0 Å². The molecule has 2 rings (SSSR count). The van der Waals surface area contributed by atoms with Crippen LogP contribution >= 0.6 is 11.6 Å². The number of nitrogens with one attached hydrogen (secondary N) is 1. The van der Waals surface area contributed by atoms with Gasteiger partial charge in [-0.2, -0.15) is 0 Å². The van der Waals surface area contributed by atoms with Gasteiger partial charge in [0.1, 0.15) is 0 Å². The van der Waals surface area contributed by atoms with Crippen LogP contribution in [0.15, 0.2) is 24.3 Å². The molecule has 92 valence electrons. The van der Waals surface area contributed by atoms with Crippen molar-refractivity contribution in [3.05, 3.63) is 34.9 Å². The molecule has 0 aromatic heterocycles. The summed E-state index contributed by atoms with van der Waals surface area (Å²) in [6.45, 7) is 3.05. The van der Waals surface area contributed by atoms with Crippen molar-refractivity contribution in [1.29, 1.82) is 0 Å². The van der Waals surface area contributed by atoms with Crippen molar-refractivity contribution in [2.75, 3.05) is 6.54 Å². The van der Waals surface area contributed by atoms with Gasteiger partial charge in [-0.3, -0.25) is 4.79 Å². The van der Waals surface area contributed by atoms with Gasteiger partial charge in [0.2, 0.25) is 0 Å². The Bertz CT molecular complexity index is 410.